The summed E-state index contributed by atoms with van der Waals surface area (Å²) in [6.45, 7) is 5.30. The van der Waals surface area contributed by atoms with E-state index in [1.807, 2.05) is 18.3 Å². The van der Waals surface area contributed by atoms with Crippen LogP contribution < -0.4 is 4.74 Å². The van der Waals surface area contributed by atoms with Gasteiger partial charge in [0, 0.05) is 40.8 Å². The molecule has 2 saturated heterocycles. The van der Waals surface area contributed by atoms with Crippen molar-refractivity contribution >= 4 is 16.9 Å². The van der Waals surface area contributed by atoms with Crippen molar-refractivity contribution in [2.45, 2.75) is 57.7 Å². The van der Waals surface area contributed by atoms with E-state index in [1.54, 1.807) is 19.2 Å². The van der Waals surface area contributed by atoms with Crippen molar-refractivity contribution < 1.29 is 14.6 Å². The molecule has 31 heavy (non-hydrogen) atoms. The maximum absolute atomic E-state index is 11.4. The van der Waals surface area contributed by atoms with Gasteiger partial charge in [-0.25, -0.2) is 4.79 Å². The Morgan fingerprint density at radius 3 is 2.77 bits per heavy atom. The molecule has 0 saturated carbocycles. The van der Waals surface area contributed by atoms with Gasteiger partial charge in [0.25, 0.3) is 0 Å². The summed E-state index contributed by atoms with van der Waals surface area (Å²) in [5.41, 5.74) is 5.13. The minimum atomic E-state index is -0.874. The fraction of sp³-hybridized carbons (Fsp3) is 0.423. The molecule has 1 unspecified atom stereocenters. The number of H-pyrrole nitrogens is 1. The number of hydrogen-bond acceptors (Lipinski definition) is 3. The molecule has 0 aliphatic carbocycles. The fourth-order valence-corrected chi connectivity index (χ4v) is 6.23. The van der Waals surface area contributed by atoms with E-state index < -0.39 is 5.97 Å². The van der Waals surface area contributed by atoms with E-state index in [0.717, 1.165) is 25.1 Å². The summed E-state index contributed by atoms with van der Waals surface area (Å²) in [4.78, 5) is 17.4. The van der Waals surface area contributed by atoms with Gasteiger partial charge < -0.3 is 14.8 Å². The lowest BCUT2D eigenvalue weighted by Crippen LogP contribution is -2.49. The number of piperidine rings is 1. The molecule has 2 bridgehead atoms. The molecule has 2 aromatic carbocycles. The summed E-state index contributed by atoms with van der Waals surface area (Å²) in [5, 5.41) is 10.6. The number of carboxylic acids is 1. The molecule has 2 aliphatic heterocycles. The molecule has 3 atom stereocenters. The lowest BCUT2D eigenvalue weighted by Gasteiger charge is -2.48. The fourth-order valence-electron chi connectivity index (χ4n) is 6.23. The number of methoxy groups -OCH3 is 1. The van der Waals surface area contributed by atoms with Gasteiger partial charge in [-0.2, -0.15) is 0 Å². The Bertz CT molecular complexity index is 1130. The number of nitrogens with one attached hydrogen (secondary N) is 1. The number of fused-ring (bicyclic) bond motifs is 3. The van der Waals surface area contributed by atoms with E-state index in [-0.39, 0.29) is 5.54 Å². The first-order valence-electron chi connectivity index (χ1n) is 11.2. The number of rotatable bonds is 5. The standard InChI is InChI=1S/C26H30N2O3/c1-16-12-20-8-10-26(14-16,19-6-4-18(5-7-19)25(29)30)28(20)15-22-21-9-11-27-24(21)17(2)13-23(22)31-3/h4-7,9,11,13,16,20,27H,8,10,12,14-15H2,1-3H3,(H,29,30)/t16-,20?,26+/m0/s1. The lowest BCUT2D eigenvalue weighted by atomic mass is 9.77. The van der Waals surface area contributed by atoms with Crippen LogP contribution in [0.1, 0.15) is 59.7 Å². The summed E-state index contributed by atoms with van der Waals surface area (Å²) in [6, 6.07) is 12.4. The molecule has 2 aliphatic rings. The highest BCUT2D eigenvalue weighted by Gasteiger charge is 2.51. The van der Waals surface area contributed by atoms with Crippen molar-refractivity contribution in [3.05, 3.63) is 64.8 Å². The van der Waals surface area contributed by atoms with E-state index in [4.69, 9.17) is 4.74 Å². The van der Waals surface area contributed by atoms with Crippen LogP contribution in [0.15, 0.2) is 42.6 Å². The number of hydrogen-bond donors (Lipinski definition) is 2. The Morgan fingerprint density at radius 1 is 1.29 bits per heavy atom. The number of aromatic amines is 1. The number of carboxylic acid groups (broad SMARTS) is 1. The van der Waals surface area contributed by atoms with Crippen LogP contribution in [-0.4, -0.2) is 34.1 Å². The Morgan fingerprint density at radius 2 is 2.06 bits per heavy atom. The number of benzene rings is 2. The van der Waals surface area contributed by atoms with Crippen molar-refractivity contribution in [1.29, 1.82) is 0 Å². The van der Waals surface area contributed by atoms with Gasteiger partial charge >= 0.3 is 5.97 Å². The molecular formula is C26H30N2O3. The van der Waals surface area contributed by atoms with Gasteiger partial charge in [-0.15, -0.1) is 0 Å². The van der Waals surface area contributed by atoms with Gasteiger partial charge in [0.05, 0.1) is 12.7 Å². The number of aromatic nitrogens is 1. The summed E-state index contributed by atoms with van der Waals surface area (Å²) in [5.74, 6) is 0.718. The van der Waals surface area contributed by atoms with Crippen molar-refractivity contribution in [2.75, 3.05) is 7.11 Å². The highest BCUT2D eigenvalue weighted by molar-refractivity contribution is 5.88. The topological polar surface area (TPSA) is 65.6 Å². The zero-order chi connectivity index (χ0) is 21.8. The Labute approximate surface area is 183 Å². The molecule has 2 fully saturated rings. The molecule has 3 aromatic rings. The normalized spacial score (nSPS) is 25.8. The zero-order valence-corrected chi connectivity index (χ0v) is 18.4. The van der Waals surface area contributed by atoms with Gasteiger partial charge in [-0.3, -0.25) is 4.90 Å². The molecular weight excluding hydrogens is 388 g/mol. The summed E-state index contributed by atoms with van der Waals surface area (Å²) < 4.78 is 5.83. The van der Waals surface area contributed by atoms with Crippen LogP contribution in [0.25, 0.3) is 10.9 Å². The molecule has 5 nitrogen and oxygen atoms in total. The van der Waals surface area contributed by atoms with Crippen molar-refractivity contribution in [2.24, 2.45) is 5.92 Å². The van der Waals surface area contributed by atoms with Crippen LogP contribution in [0.3, 0.4) is 0 Å². The molecule has 2 N–H and O–H groups in total. The quantitative estimate of drug-likeness (QED) is 0.576. The van der Waals surface area contributed by atoms with Crippen LogP contribution >= 0.6 is 0 Å². The molecule has 0 spiro atoms. The Hall–Kier alpha value is -2.79. The van der Waals surface area contributed by atoms with Crippen LogP contribution in [0.2, 0.25) is 0 Å². The first-order valence-corrected chi connectivity index (χ1v) is 11.2. The summed E-state index contributed by atoms with van der Waals surface area (Å²) in [6.07, 6.45) is 6.60. The third-order valence-electron chi connectivity index (χ3n) is 7.57. The maximum Gasteiger partial charge on any atom is 0.335 e. The Kier molecular flexibility index (Phi) is 4.82. The monoisotopic (exact) mass is 418 g/mol. The Balaban J connectivity index is 1.60. The van der Waals surface area contributed by atoms with Crippen molar-refractivity contribution in [3.8, 4) is 5.75 Å². The number of aryl methyl sites for hydroxylation is 1. The van der Waals surface area contributed by atoms with Crippen LogP contribution in [0.4, 0.5) is 0 Å². The van der Waals surface area contributed by atoms with Crippen molar-refractivity contribution in [1.82, 2.24) is 9.88 Å². The van der Waals surface area contributed by atoms with Gasteiger partial charge in [0.2, 0.25) is 0 Å². The number of carbonyl (C=O) groups is 1. The SMILES string of the molecule is COc1cc(C)c2[nH]ccc2c1CN1C2CC[C@]1(c1ccc(C(=O)O)cc1)C[C@@H](C)C2. The van der Waals surface area contributed by atoms with Gasteiger partial charge in [-0.05, 0) is 73.9 Å². The van der Waals surface area contributed by atoms with Crippen LogP contribution in [0.5, 0.6) is 5.75 Å². The third-order valence-corrected chi connectivity index (χ3v) is 7.57. The average Bonchev–Trinajstić information content (AvgIpc) is 3.32. The van der Waals surface area contributed by atoms with Crippen molar-refractivity contribution in [3.63, 3.8) is 0 Å². The molecule has 0 radical (unpaired) electrons. The molecule has 5 rings (SSSR count). The lowest BCUT2D eigenvalue weighted by molar-refractivity contribution is 0.0181. The first-order chi connectivity index (χ1) is 14.9. The molecule has 0 amide bonds. The highest BCUT2D eigenvalue weighted by Crippen LogP contribution is 2.53. The molecule has 3 heterocycles. The van der Waals surface area contributed by atoms with E-state index in [9.17, 15) is 9.90 Å². The largest absolute Gasteiger partial charge is 0.496 e. The molecule has 1 aromatic heterocycles. The number of ether oxygens (including phenoxy) is 1. The first kappa shape index (κ1) is 20.1. The second-order valence-corrected chi connectivity index (χ2v) is 9.42. The molecule has 162 valence electrons. The second-order valence-electron chi connectivity index (χ2n) is 9.42. The summed E-state index contributed by atoms with van der Waals surface area (Å²) in [7, 11) is 1.75. The number of nitrogens with zero attached hydrogens (tertiary/aromatic N) is 1. The highest BCUT2D eigenvalue weighted by atomic mass is 16.5. The van der Waals surface area contributed by atoms with E-state index in [1.165, 1.54) is 40.4 Å². The maximum atomic E-state index is 11.4. The zero-order valence-electron chi connectivity index (χ0n) is 18.4. The van der Waals surface area contributed by atoms with Gasteiger partial charge in [-0.1, -0.05) is 19.1 Å². The smallest absolute Gasteiger partial charge is 0.335 e. The van der Waals surface area contributed by atoms with Crippen LogP contribution in [0, 0.1) is 12.8 Å². The van der Waals surface area contributed by atoms with Gasteiger partial charge in [0.15, 0.2) is 0 Å². The minimum Gasteiger partial charge on any atom is -0.496 e. The van der Waals surface area contributed by atoms with E-state index in [0.29, 0.717) is 17.5 Å². The number of aromatic carboxylic acids is 1. The average molecular weight is 419 g/mol. The van der Waals surface area contributed by atoms with E-state index >= 15 is 0 Å². The predicted octanol–water partition coefficient (Wildman–Crippen LogP) is 5.47. The predicted molar refractivity (Wildman–Crippen MR) is 122 cm³/mol. The van der Waals surface area contributed by atoms with Gasteiger partial charge in [0.1, 0.15) is 5.75 Å². The van der Waals surface area contributed by atoms with E-state index in [2.05, 4.69) is 35.9 Å². The third kappa shape index (κ3) is 3.14. The molecule has 5 heteroatoms. The van der Waals surface area contributed by atoms with Crippen LogP contribution in [-0.2, 0) is 12.1 Å². The second kappa shape index (κ2) is 7.41. The minimum absolute atomic E-state index is 0.0576. The summed E-state index contributed by atoms with van der Waals surface area (Å²) >= 11 is 0.